The third-order valence-electron chi connectivity index (χ3n) is 2.71. The highest BCUT2D eigenvalue weighted by atomic mass is 79.9. The number of carbonyl (C=O) groups excluding carboxylic acids is 1. The van der Waals surface area contributed by atoms with Gasteiger partial charge in [-0.1, -0.05) is 18.2 Å². The maximum Gasteiger partial charge on any atom is 0.234 e. The highest BCUT2D eigenvalue weighted by Gasteiger charge is 2.16. The molecule has 22 heavy (non-hydrogen) atoms. The van der Waals surface area contributed by atoms with Gasteiger partial charge in [-0.25, -0.2) is 0 Å². The van der Waals surface area contributed by atoms with Crippen LogP contribution in [0.15, 0.2) is 54.7 Å². The van der Waals surface area contributed by atoms with Crippen molar-refractivity contribution in [3.63, 3.8) is 0 Å². The van der Waals surface area contributed by atoms with Crippen molar-refractivity contribution in [2.24, 2.45) is 0 Å². The van der Waals surface area contributed by atoms with Gasteiger partial charge in [-0.05, 0) is 66.0 Å². The molecule has 0 radical (unpaired) electrons. The van der Waals surface area contributed by atoms with E-state index in [2.05, 4.69) is 53.1 Å². The van der Waals surface area contributed by atoms with Crippen LogP contribution in [-0.2, 0) is 4.79 Å². The summed E-state index contributed by atoms with van der Waals surface area (Å²) in [5.74, 6) is 0.884. The second-order valence-corrected chi connectivity index (χ2v) is 7.76. The average Bonchev–Trinajstić information content (AvgIpc) is 2.51. The Balaban J connectivity index is 2.08. The predicted octanol–water partition coefficient (Wildman–Crippen LogP) is 5.71. The molecule has 0 saturated carbocycles. The number of nitrogens with one attached hydrogen (secondary N) is 1. The molecule has 0 bridgehead atoms. The van der Waals surface area contributed by atoms with E-state index < -0.39 is 0 Å². The van der Waals surface area contributed by atoms with Gasteiger partial charge in [0.2, 0.25) is 5.91 Å². The summed E-state index contributed by atoms with van der Waals surface area (Å²) in [6, 6.07) is 11.6. The van der Waals surface area contributed by atoms with Gasteiger partial charge in [0.25, 0.3) is 0 Å². The van der Waals surface area contributed by atoms with Crippen molar-refractivity contribution in [2.75, 3.05) is 18.2 Å². The Morgan fingerprint density at radius 3 is 2.50 bits per heavy atom. The summed E-state index contributed by atoms with van der Waals surface area (Å²) in [6.45, 7) is 0. The number of hydrogen-bond donors (Lipinski definition) is 1. The van der Waals surface area contributed by atoms with Crippen LogP contribution in [0.4, 0.5) is 5.69 Å². The first-order valence-electron chi connectivity index (χ1n) is 6.22. The summed E-state index contributed by atoms with van der Waals surface area (Å²) in [5, 5.41) is 2.90. The monoisotopic (exact) mass is 507 g/mol. The molecule has 0 fully saturated rings. The zero-order valence-corrected chi connectivity index (χ0v) is 17.1. The fourth-order valence-electron chi connectivity index (χ4n) is 1.71. The van der Waals surface area contributed by atoms with Crippen LogP contribution in [0.25, 0.3) is 0 Å². The SMILES string of the molecule is COc1c(Br)cc(Br)c(NC(=O)CSc2ccccc2)c1Br. The largest absolute Gasteiger partial charge is 0.494 e. The molecule has 0 aliphatic rings. The first-order valence-corrected chi connectivity index (χ1v) is 9.58. The quantitative estimate of drug-likeness (QED) is 0.524. The Labute approximate surface area is 158 Å². The number of methoxy groups -OCH3 is 1. The molecule has 3 nitrogen and oxygen atoms in total. The molecule has 2 aromatic carbocycles. The van der Waals surface area contributed by atoms with Crippen molar-refractivity contribution < 1.29 is 9.53 Å². The van der Waals surface area contributed by atoms with Crippen molar-refractivity contribution in [1.29, 1.82) is 0 Å². The van der Waals surface area contributed by atoms with Gasteiger partial charge in [-0.2, -0.15) is 0 Å². The molecular weight excluding hydrogens is 498 g/mol. The minimum absolute atomic E-state index is 0.0837. The predicted molar refractivity (Wildman–Crippen MR) is 102 cm³/mol. The molecule has 2 rings (SSSR count). The number of anilines is 1. The molecule has 116 valence electrons. The van der Waals surface area contributed by atoms with E-state index in [9.17, 15) is 4.79 Å². The van der Waals surface area contributed by atoms with Crippen LogP contribution in [0.1, 0.15) is 0 Å². The molecule has 0 saturated heterocycles. The average molecular weight is 510 g/mol. The van der Waals surface area contributed by atoms with Crippen molar-refractivity contribution in [1.82, 2.24) is 0 Å². The summed E-state index contributed by atoms with van der Waals surface area (Å²) in [5.41, 5.74) is 0.652. The smallest absolute Gasteiger partial charge is 0.234 e. The van der Waals surface area contributed by atoms with Gasteiger partial charge in [0, 0.05) is 9.37 Å². The molecule has 0 aliphatic heterocycles. The number of hydrogen-bond acceptors (Lipinski definition) is 3. The number of rotatable bonds is 5. The summed E-state index contributed by atoms with van der Waals surface area (Å²) in [6.07, 6.45) is 0. The van der Waals surface area contributed by atoms with Crippen LogP contribution in [0, 0.1) is 0 Å². The molecule has 2 aromatic rings. The first-order chi connectivity index (χ1) is 10.5. The van der Waals surface area contributed by atoms with E-state index in [1.165, 1.54) is 11.8 Å². The molecule has 1 amide bonds. The van der Waals surface area contributed by atoms with E-state index in [4.69, 9.17) is 4.74 Å². The number of thioether (sulfide) groups is 1. The van der Waals surface area contributed by atoms with Gasteiger partial charge in [0.1, 0.15) is 5.75 Å². The van der Waals surface area contributed by atoms with Crippen LogP contribution in [-0.4, -0.2) is 18.8 Å². The molecule has 1 N–H and O–H groups in total. The first kappa shape index (κ1) is 17.8. The lowest BCUT2D eigenvalue weighted by Gasteiger charge is -2.14. The fourth-order valence-corrected chi connectivity index (χ4v) is 5.08. The van der Waals surface area contributed by atoms with Crippen LogP contribution in [0.3, 0.4) is 0 Å². The van der Waals surface area contributed by atoms with Crippen molar-refractivity contribution in [3.05, 3.63) is 49.8 Å². The van der Waals surface area contributed by atoms with Gasteiger partial charge in [-0.3, -0.25) is 4.79 Å². The number of benzene rings is 2. The Morgan fingerprint density at radius 1 is 1.18 bits per heavy atom. The molecule has 0 aliphatic carbocycles. The maximum atomic E-state index is 12.1. The second-order valence-electron chi connectivity index (χ2n) is 4.21. The summed E-state index contributed by atoms with van der Waals surface area (Å²) >= 11 is 11.8. The fraction of sp³-hybridized carbons (Fsp3) is 0.133. The zero-order valence-electron chi connectivity index (χ0n) is 11.5. The van der Waals surface area contributed by atoms with E-state index in [0.29, 0.717) is 21.7 Å². The summed E-state index contributed by atoms with van der Waals surface area (Å²) < 4.78 is 7.57. The topological polar surface area (TPSA) is 38.3 Å². The zero-order chi connectivity index (χ0) is 16.1. The summed E-state index contributed by atoms with van der Waals surface area (Å²) in [7, 11) is 1.58. The Bertz CT molecular complexity index is 680. The minimum atomic E-state index is -0.0837. The minimum Gasteiger partial charge on any atom is -0.494 e. The van der Waals surface area contributed by atoms with Crippen molar-refractivity contribution in [3.8, 4) is 5.75 Å². The molecule has 0 unspecified atom stereocenters. The molecule has 0 heterocycles. The third-order valence-corrected chi connectivity index (χ3v) is 5.69. The molecule has 7 heteroatoms. The lowest BCUT2D eigenvalue weighted by Crippen LogP contribution is -2.15. The number of halogens is 3. The number of amides is 1. The van der Waals surface area contributed by atoms with Crippen molar-refractivity contribution >= 4 is 71.1 Å². The van der Waals surface area contributed by atoms with Crippen molar-refractivity contribution in [2.45, 2.75) is 4.90 Å². The Hall–Kier alpha value is -0.500. The lowest BCUT2D eigenvalue weighted by atomic mass is 10.3. The van der Waals surface area contributed by atoms with E-state index in [-0.39, 0.29) is 5.91 Å². The van der Waals surface area contributed by atoms with Crippen LogP contribution < -0.4 is 10.1 Å². The van der Waals surface area contributed by atoms with Gasteiger partial charge in [0.05, 0.1) is 27.5 Å². The normalized spacial score (nSPS) is 10.4. The summed E-state index contributed by atoms with van der Waals surface area (Å²) in [4.78, 5) is 13.2. The van der Waals surface area contributed by atoms with Gasteiger partial charge >= 0.3 is 0 Å². The molecular formula is C15H12Br3NO2S. The second kappa shape index (κ2) is 8.38. The standard InChI is InChI=1S/C15H12Br3NO2S/c1-21-15-11(17)7-10(16)14(13(15)18)19-12(20)8-22-9-5-3-2-4-6-9/h2-7H,8H2,1H3,(H,19,20). The van der Waals surface area contributed by atoms with Gasteiger partial charge in [0.15, 0.2) is 0 Å². The highest BCUT2D eigenvalue weighted by Crippen LogP contribution is 2.43. The van der Waals surface area contributed by atoms with E-state index in [1.807, 2.05) is 36.4 Å². The van der Waals surface area contributed by atoms with Gasteiger partial charge in [-0.15, -0.1) is 11.8 Å². The Morgan fingerprint density at radius 2 is 1.86 bits per heavy atom. The Kier molecular flexibility index (Phi) is 6.80. The molecule has 0 spiro atoms. The third kappa shape index (κ3) is 4.50. The van der Waals surface area contributed by atoms with E-state index in [1.54, 1.807) is 7.11 Å². The van der Waals surface area contributed by atoms with E-state index in [0.717, 1.165) is 13.8 Å². The number of carbonyl (C=O) groups is 1. The molecule has 0 aromatic heterocycles. The highest BCUT2D eigenvalue weighted by molar-refractivity contribution is 9.11. The van der Waals surface area contributed by atoms with E-state index >= 15 is 0 Å². The number of ether oxygens (including phenoxy) is 1. The molecule has 0 atom stereocenters. The van der Waals surface area contributed by atoms with Crippen LogP contribution >= 0.6 is 59.6 Å². The van der Waals surface area contributed by atoms with Gasteiger partial charge < -0.3 is 10.1 Å². The maximum absolute atomic E-state index is 12.1. The lowest BCUT2D eigenvalue weighted by molar-refractivity contribution is -0.113. The van der Waals surface area contributed by atoms with Crippen LogP contribution in [0.5, 0.6) is 5.75 Å². The van der Waals surface area contributed by atoms with Crippen LogP contribution in [0.2, 0.25) is 0 Å².